The summed E-state index contributed by atoms with van der Waals surface area (Å²) in [6.45, 7) is 2.40. The van der Waals surface area contributed by atoms with E-state index in [0.29, 0.717) is 24.4 Å². The lowest BCUT2D eigenvalue weighted by Crippen LogP contribution is -2.05. The minimum absolute atomic E-state index is 0.313. The van der Waals surface area contributed by atoms with Crippen LogP contribution in [0.25, 0.3) is 22.3 Å². The molecule has 6 heteroatoms. The van der Waals surface area contributed by atoms with E-state index in [0.717, 1.165) is 16.5 Å². The normalized spacial score (nSPS) is 10.6. The number of benzene rings is 1. The topological polar surface area (TPSA) is 72.8 Å². The molecule has 1 aromatic carbocycles. The summed E-state index contributed by atoms with van der Waals surface area (Å²) in [4.78, 5) is 17.3. The van der Waals surface area contributed by atoms with Crippen molar-refractivity contribution in [2.24, 2.45) is 0 Å². The lowest BCUT2D eigenvalue weighted by molar-refractivity contribution is 0.312. The van der Waals surface area contributed by atoms with Crippen molar-refractivity contribution in [1.29, 1.82) is 0 Å². The second kappa shape index (κ2) is 5.70. The third-order valence-electron chi connectivity index (χ3n) is 3.00. The minimum Gasteiger partial charge on any atom is -0.464 e. The average Bonchev–Trinajstić information content (AvgIpc) is 2.54. The Morgan fingerprint density at radius 1 is 1.10 bits per heavy atom. The van der Waals surface area contributed by atoms with E-state index in [1.54, 1.807) is 13.2 Å². The first-order valence-electron chi connectivity index (χ1n) is 6.72. The Labute approximate surface area is 122 Å². The molecule has 0 amide bonds. The Bertz CT molecular complexity index is 770. The van der Waals surface area contributed by atoms with E-state index in [4.69, 9.17) is 4.74 Å². The largest absolute Gasteiger partial charge is 0.464 e. The van der Waals surface area contributed by atoms with Gasteiger partial charge in [-0.1, -0.05) is 18.2 Å². The molecule has 106 valence electrons. The van der Waals surface area contributed by atoms with E-state index in [2.05, 4.69) is 25.3 Å². The lowest BCUT2D eigenvalue weighted by atomic mass is 10.1. The third-order valence-corrected chi connectivity index (χ3v) is 3.00. The molecule has 21 heavy (non-hydrogen) atoms. The molecule has 1 N–H and O–H groups in total. The highest BCUT2D eigenvalue weighted by atomic mass is 16.5. The summed E-state index contributed by atoms with van der Waals surface area (Å²) in [5.41, 5.74) is 1.81. The fraction of sp³-hybridized carbons (Fsp3) is 0.200. The number of nitrogens with one attached hydrogen (secondary N) is 1. The molecule has 0 aliphatic carbocycles. The van der Waals surface area contributed by atoms with Gasteiger partial charge in [0, 0.05) is 24.2 Å². The number of rotatable bonds is 4. The van der Waals surface area contributed by atoms with Crippen LogP contribution in [-0.2, 0) is 0 Å². The van der Waals surface area contributed by atoms with E-state index in [-0.39, 0.29) is 0 Å². The van der Waals surface area contributed by atoms with Crippen molar-refractivity contribution < 1.29 is 4.74 Å². The van der Waals surface area contributed by atoms with Crippen LogP contribution in [0.4, 0.5) is 5.95 Å². The molecule has 0 saturated carbocycles. The van der Waals surface area contributed by atoms with Gasteiger partial charge in [0.05, 0.1) is 12.1 Å². The van der Waals surface area contributed by atoms with Crippen molar-refractivity contribution in [3.05, 3.63) is 36.5 Å². The van der Waals surface area contributed by atoms with Crippen molar-refractivity contribution in [3.63, 3.8) is 0 Å². The van der Waals surface area contributed by atoms with E-state index < -0.39 is 0 Å². The van der Waals surface area contributed by atoms with Crippen LogP contribution in [0.2, 0.25) is 0 Å². The lowest BCUT2D eigenvalue weighted by Gasteiger charge is -2.08. The molecule has 0 unspecified atom stereocenters. The molecule has 3 aromatic rings. The summed E-state index contributed by atoms with van der Waals surface area (Å²) in [5, 5.41) is 3.92. The first-order valence-corrected chi connectivity index (χ1v) is 6.72. The van der Waals surface area contributed by atoms with Gasteiger partial charge < -0.3 is 10.1 Å². The average molecular weight is 281 g/mol. The zero-order valence-electron chi connectivity index (χ0n) is 11.9. The van der Waals surface area contributed by atoms with Gasteiger partial charge in [0.25, 0.3) is 0 Å². The first-order chi connectivity index (χ1) is 10.3. The zero-order valence-corrected chi connectivity index (χ0v) is 11.9. The summed E-state index contributed by atoms with van der Waals surface area (Å²) < 4.78 is 5.40. The molecule has 0 atom stereocenters. The van der Waals surface area contributed by atoms with Gasteiger partial charge in [-0.05, 0) is 19.1 Å². The molecule has 0 bridgehead atoms. The van der Waals surface area contributed by atoms with Gasteiger partial charge in [0.2, 0.25) is 5.95 Å². The van der Waals surface area contributed by atoms with Crippen LogP contribution in [0, 0.1) is 0 Å². The van der Waals surface area contributed by atoms with Crippen molar-refractivity contribution in [2.75, 3.05) is 19.0 Å². The summed E-state index contributed by atoms with van der Waals surface area (Å²) in [6.07, 6.45) is 1.77. The van der Waals surface area contributed by atoms with Crippen LogP contribution in [0.3, 0.4) is 0 Å². The van der Waals surface area contributed by atoms with Crippen LogP contribution in [0.15, 0.2) is 36.5 Å². The molecule has 2 aromatic heterocycles. The number of pyridine rings is 1. The Hall–Kier alpha value is -2.76. The Balaban J connectivity index is 2.20. The molecule has 0 fully saturated rings. The van der Waals surface area contributed by atoms with Gasteiger partial charge in [-0.3, -0.25) is 4.98 Å². The van der Waals surface area contributed by atoms with Crippen molar-refractivity contribution in [1.82, 2.24) is 19.9 Å². The fourth-order valence-corrected chi connectivity index (χ4v) is 2.08. The monoisotopic (exact) mass is 281 g/mol. The molecule has 6 nitrogen and oxygen atoms in total. The second-order valence-corrected chi connectivity index (χ2v) is 4.32. The predicted octanol–water partition coefficient (Wildman–Crippen LogP) is 2.53. The molecule has 0 spiro atoms. The van der Waals surface area contributed by atoms with E-state index in [1.165, 1.54) is 0 Å². The zero-order chi connectivity index (χ0) is 14.7. The maximum atomic E-state index is 5.40. The number of aromatic nitrogens is 4. The molecular weight excluding hydrogens is 266 g/mol. The van der Waals surface area contributed by atoms with Gasteiger partial charge in [0.15, 0.2) is 5.82 Å². The van der Waals surface area contributed by atoms with Crippen LogP contribution in [0.5, 0.6) is 6.01 Å². The number of fused-ring (bicyclic) bond motifs is 1. The van der Waals surface area contributed by atoms with Gasteiger partial charge in [-0.2, -0.15) is 15.0 Å². The fourth-order valence-electron chi connectivity index (χ4n) is 2.08. The molecule has 0 aliphatic heterocycles. The second-order valence-electron chi connectivity index (χ2n) is 4.32. The van der Waals surface area contributed by atoms with E-state index >= 15 is 0 Å². The number of nitrogens with zero attached hydrogens (tertiary/aromatic N) is 4. The smallest absolute Gasteiger partial charge is 0.321 e. The summed E-state index contributed by atoms with van der Waals surface area (Å²) in [7, 11) is 1.76. The Morgan fingerprint density at radius 2 is 2.00 bits per heavy atom. The highest BCUT2D eigenvalue weighted by Gasteiger charge is 2.11. The van der Waals surface area contributed by atoms with Gasteiger partial charge in [0.1, 0.15) is 0 Å². The van der Waals surface area contributed by atoms with Crippen LogP contribution in [0.1, 0.15) is 6.92 Å². The van der Waals surface area contributed by atoms with Crippen LogP contribution in [-0.4, -0.2) is 33.6 Å². The van der Waals surface area contributed by atoms with Gasteiger partial charge in [-0.25, -0.2) is 0 Å². The Morgan fingerprint density at radius 3 is 2.81 bits per heavy atom. The van der Waals surface area contributed by atoms with Crippen LogP contribution < -0.4 is 10.1 Å². The summed E-state index contributed by atoms with van der Waals surface area (Å²) >= 11 is 0. The first kappa shape index (κ1) is 13.2. The quantitative estimate of drug-likeness (QED) is 0.792. The van der Waals surface area contributed by atoms with Gasteiger partial charge >= 0.3 is 6.01 Å². The van der Waals surface area contributed by atoms with Crippen LogP contribution >= 0.6 is 0 Å². The maximum Gasteiger partial charge on any atom is 0.321 e. The minimum atomic E-state index is 0.313. The predicted molar refractivity (Wildman–Crippen MR) is 81.3 cm³/mol. The molecule has 0 radical (unpaired) electrons. The molecule has 0 aliphatic rings. The molecule has 3 rings (SSSR count). The maximum absolute atomic E-state index is 5.40. The van der Waals surface area contributed by atoms with Gasteiger partial charge in [-0.15, -0.1) is 0 Å². The van der Waals surface area contributed by atoms with Crippen molar-refractivity contribution in [2.45, 2.75) is 6.92 Å². The Kier molecular flexibility index (Phi) is 3.59. The SMILES string of the molecule is CCOc1nc(NC)nc(-c2cccc3ncccc23)n1. The van der Waals surface area contributed by atoms with Crippen molar-refractivity contribution in [3.8, 4) is 17.4 Å². The summed E-state index contributed by atoms with van der Waals surface area (Å²) in [5.74, 6) is 1.04. The van der Waals surface area contributed by atoms with E-state index in [9.17, 15) is 0 Å². The number of ether oxygens (including phenoxy) is 1. The molecule has 0 saturated heterocycles. The number of hydrogen-bond donors (Lipinski definition) is 1. The van der Waals surface area contributed by atoms with E-state index in [1.807, 2.05) is 37.3 Å². The highest BCUT2D eigenvalue weighted by molar-refractivity contribution is 5.92. The molecular formula is C15H15N5O. The number of hydrogen-bond acceptors (Lipinski definition) is 6. The molecule has 2 heterocycles. The third kappa shape index (κ3) is 2.60. The highest BCUT2D eigenvalue weighted by Crippen LogP contribution is 2.26. The standard InChI is InChI=1S/C15H15N5O/c1-3-21-15-19-13(18-14(16-2)20-15)11-6-4-8-12-10(11)7-5-9-17-12/h4-9H,3H2,1-2H3,(H,16,18,19,20). The van der Waals surface area contributed by atoms with Crippen molar-refractivity contribution >= 4 is 16.9 Å². The number of anilines is 1. The summed E-state index contributed by atoms with van der Waals surface area (Å²) in [6, 6.07) is 10.1.